The zero-order chi connectivity index (χ0) is 20.0. The minimum absolute atomic E-state index is 0.161. The highest BCUT2D eigenvalue weighted by Crippen LogP contribution is 2.37. The van der Waals surface area contributed by atoms with Crippen molar-refractivity contribution < 1.29 is 13.2 Å². The molecule has 3 heterocycles. The van der Waals surface area contributed by atoms with Crippen LogP contribution < -0.4 is 9.80 Å². The lowest BCUT2D eigenvalue weighted by molar-refractivity contribution is -0.119. The van der Waals surface area contributed by atoms with Gasteiger partial charge in [0.25, 0.3) is 0 Å². The Morgan fingerprint density at radius 2 is 1.72 bits per heavy atom. The number of benzene rings is 1. The van der Waals surface area contributed by atoms with Gasteiger partial charge in [-0.05, 0) is 49.1 Å². The van der Waals surface area contributed by atoms with E-state index >= 15 is 0 Å². The first-order valence-corrected chi connectivity index (χ1v) is 11.4. The summed E-state index contributed by atoms with van der Waals surface area (Å²) < 4.78 is 27.8. The standard InChI is InChI=1S/C20H23N5O3S/c26-19(15-2-3-15)25-9-6-16-14-17(4-5-18(16)25)29(27,28)24-12-10-23(11-13-24)20-21-7-1-8-22-20/h1,4-5,7-8,14-15H,2-3,6,9-13H2. The molecular weight excluding hydrogens is 390 g/mol. The molecule has 152 valence electrons. The molecule has 0 unspecified atom stereocenters. The average Bonchev–Trinajstić information content (AvgIpc) is 3.53. The highest BCUT2D eigenvalue weighted by molar-refractivity contribution is 7.89. The van der Waals surface area contributed by atoms with E-state index in [1.54, 1.807) is 36.7 Å². The lowest BCUT2D eigenvalue weighted by Gasteiger charge is -2.34. The molecule has 1 aromatic heterocycles. The van der Waals surface area contributed by atoms with E-state index in [1.807, 2.05) is 9.80 Å². The lowest BCUT2D eigenvalue weighted by atomic mass is 10.2. The van der Waals surface area contributed by atoms with Crippen LogP contribution in [0, 0.1) is 5.92 Å². The Hall–Kier alpha value is -2.52. The van der Waals surface area contributed by atoms with Crippen LogP contribution in [0.3, 0.4) is 0 Å². The predicted octanol–water partition coefficient (Wildman–Crippen LogP) is 1.29. The van der Waals surface area contributed by atoms with Gasteiger partial charge in [-0.15, -0.1) is 0 Å². The molecule has 1 amide bonds. The Balaban J connectivity index is 1.31. The van der Waals surface area contributed by atoms with Crippen molar-refractivity contribution in [2.24, 2.45) is 5.92 Å². The third-order valence-corrected chi connectivity index (χ3v) is 7.75. The van der Waals surface area contributed by atoms with Crippen molar-refractivity contribution in [2.75, 3.05) is 42.5 Å². The number of fused-ring (bicyclic) bond motifs is 1. The summed E-state index contributed by atoms with van der Waals surface area (Å²) in [5, 5.41) is 0. The molecule has 8 nitrogen and oxygen atoms in total. The van der Waals surface area contributed by atoms with Gasteiger partial charge in [-0.2, -0.15) is 4.31 Å². The number of hydrogen-bond donors (Lipinski definition) is 0. The molecule has 0 bridgehead atoms. The van der Waals surface area contributed by atoms with Crippen LogP contribution in [0.15, 0.2) is 41.6 Å². The molecule has 1 aromatic carbocycles. The molecule has 0 N–H and O–H groups in total. The smallest absolute Gasteiger partial charge is 0.243 e. The Morgan fingerprint density at radius 3 is 2.41 bits per heavy atom. The fourth-order valence-electron chi connectivity index (χ4n) is 4.05. The summed E-state index contributed by atoms with van der Waals surface area (Å²) >= 11 is 0. The zero-order valence-electron chi connectivity index (χ0n) is 16.1. The maximum absolute atomic E-state index is 13.2. The molecule has 29 heavy (non-hydrogen) atoms. The van der Waals surface area contributed by atoms with Crippen LogP contribution in [0.25, 0.3) is 0 Å². The minimum atomic E-state index is -3.57. The number of carbonyl (C=O) groups excluding carboxylic acids is 1. The summed E-state index contributed by atoms with van der Waals surface area (Å²) in [6.45, 7) is 2.54. The molecule has 2 aromatic rings. The van der Waals surface area contributed by atoms with Crippen LogP contribution in [0.1, 0.15) is 18.4 Å². The number of aromatic nitrogens is 2. The van der Waals surface area contributed by atoms with Gasteiger partial charge in [0.15, 0.2) is 0 Å². The normalized spacial score (nSPS) is 20.0. The maximum atomic E-state index is 13.2. The second-order valence-electron chi connectivity index (χ2n) is 7.74. The van der Waals surface area contributed by atoms with E-state index in [2.05, 4.69) is 9.97 Å². The molecule has 1 saturated carbocycles. The first-order chi connectivity index (χ1) is 14.0. The number of sulfonamides is 1. The van der Waals surface area contributed by atoms with E-state index in [1.165, 1.54) is 4.31 Å². The van der Waals surface area contributed by atoms with E-state index in [0.717, 1.165) is 24.1 Å². The second-order valence-corrected chi connectivity index (χ2v) is 9.68. The Bertz CT molecular complexity index is 1030. The number of rotatable bonds is 4. The van der Waals surface area contributed by atoms with Crippen molar-refractivity contribution in [3.63, 3.8) is 0 Å². The van der Waals surface area contributed by atoms with Gasteiger partial charge in [0.1, 0.15) is 0 Å². The zero-order valence-corrected chi connectivity index (χ0v) is 16.9. The number of hydrogen-bond acceptors (Lipinski definition) is 6. The predicted molar refractivity (Wildman–Crippen MR) is 108 cm³/mol. The molecule has 0 radical (unpaired) electrons. The van der Waals surface area contributed by atoms with Gasteiger partial charge in [-0.25, -0.2) is 18.4 Å². The highest BCUT2D eigenvalue weighted by Gasteiger charge is 2.37. The van der Waals surface area contributed by atoms with Gasteiger partial charge in [-0.1, -0.05) is 0 Å². The molecule has 1 aliphatic carbocycles. The van der Waals surface area contributed by atoms with Crippen molar-refractivity contribution in [2.45, 2.75) is 24.2 Å². The van der Waals surface area contributed by atoms with Crippen molar-refractivity contribution >= 4 is 27.6 Å². The summed E-state index contributed by atoms with van der Waals surface area (Å²) in [5.74, 6) is 0.968. The maximum Gasteiger partial charge on any atom is 0.243 e. The van der Waals surface area contributed by atoms with Gasteiger partial charge in [0.2, 0.25) is 21.9 Å². The largest absolute Gasteiger partial charge is 0.338 e. The molecule has 2 aliphatic heterocycles. The molecule has 0 spiro atoms. The molecule has 9 heteroatoms. The van der Waals surface area contributed by atoms with Gasteiger partial charge in [0.05, 0.1) is 4.90 Å². The lowest BCUT2D eigenvalue weighted by Crippen LogP contribution is -2.49. The fraction of sp³-hybridized carbons (Fsp3) is 0.450. The van der Waals surface area contributed by atoms with E-state index in [4.69, 9.17) is 0 Å². The van der Waals surface area contributed by atoms with E-state index < -0.39 is 10.0 Å². The third-order valence-electron chi connectivity index (χ3n) is 5.85. The minimum Gasteiger partial charge on any atom is -0.338 e. The summed E-state index contributed by atoms with van der Waals surface area (Å²) in [5.41, 5.74) is 1.81. The summed E-state index contributed by atoms with van der Waals surface area (Å²) in [6.07, 6.45) is 6.02. The Labute approximate surface area is 170 Å². The SMILES string of the molecule is O=C(C1CC1)N1CCc2cc(S(=O)(=O)N3CCN(c4ncccn4)CC3)ccc21. The van der Waals surface area contributed by atoms with Crippen LogP contribution in [0.4, 0.5) is 11.6 Å². The quantitative estimate of drug-likeness (QED) is 0.751. The first-order valence-electron chi connectivity index (χ1n) is 10.0. The van der Waals surface area contributed by atoms with Gasteiger partial charge >= 0.3 is 0 Å². The van der Waals surface area contributed by atoms with Crippen molar-refractivity contribution in [1.82, 2.24) is 14.3 Å². The molecular formula is C20H23N5O3S. The average molecular weight is 414 g/mol. The number of amides is 1. The second kappa shape index (κ2) is 7.07. The number of nitrogens with zero attached hydrogens (tertiary/aromatic N) is 5. The number of carbonyl (C=O) groups is 1. The molecule has 2 fully saturated rings. The molecule has 3 aliphatic rings. The first kappa shape index (κ1) is 18.5. The van der Waals surface area contributed by atoms with Crippen LogP contribution in [-0.2, 0) is 21.2 Å². The summed E-state index contributed by atoms with van der Waals surface area (Å²) in [7, 11) is -3.57. The van der Waals surface area contributed by atoms with Crippen molar-refractivity contribution in [3.05, 3.63) is 42.2 Å². The Morgan fingerprint density at radius 1 is 1.00 bits per heavy atom. The van der Waals surface area contributed by atoms with Crippen molar-refractivity contribution in [3.8, 4) is 0 Å². The van der Waals surface area contributed by atoms with E-state index in [0.29, 0.717) is 50.0 Å². The van der Waals surface area contributed by atoms with Crippen LogP contribution >= 0.6 is 0 Å². The van der Waals surface area contributed by atoms with Crippen LogP contribution in [0.5, 0.6) is 0 Å². The number of piperazine rings is 1. The van der Waals surface area contributed by atoms with E-state index in [-0.39, 0.29) is 11.8 Å². The summed E-state index contributed by atoms with van der Waals surface area (Å²) in [6, 6.07) is 6.94. The van der Waals surface area contributed by atoms with Crippen molar-refractivity contribution in [1.29, 1.82) is 0 Å². The van der Waals surface area contributed by atoms with Crippen LogP contribution in [0.2, 0.25) is 0 Å². The highest BCUT2D eigenvalue weighted by atomic mass is 32.2. The van der Waals surface area contributed by atoms with Gasteiger partial charge < -0.3 is 9.80 Å². The van der Waals surface area contributed by atoms with Gasteiger partial charge in [-0.3, -0.25) is 4.79 Å². The topological polar surface area (TPSA) is 86.7 Å². The monoisotopic (exact) mass is 413 g/mol. The fourth-order valence-corrected chi connectivity index (χ4v) is 5.52. The molecule has 1 saturated heterocycles. The van der Waals surface area contributed by atoms with Crippen LogP contribution in [-0.4, -0.2) is 61.3 Å². The Kier molecular flexibility index (Phi) is 4.51. The molecule has 0 atom stereocenters. The van der Waals surface area contributed by atoms with E-state index in [9.17, 15) is 13.2 Å². The third kappa shape index (κ3) is 3.38. The van der Waals surface area contributed by atoms with Gasteiger partial charge in [0, 0.05) is 56.7 Å². The summed E-state index contributed by atoms with van der Waals surface area (Å²) in [4.78, 5) is 25.0. The molecule has 5 rings (SSSR count). The number of anilines is 2.